The minimum atomic E-state index is 0.348. The molecule has 0 N–H and O–H groups in total. The summed E-state index contributed by atoms with van der Waals surface area (Å²) < 4.78 is 0. The van der Waals surface area contributed by atoms with Gasteiger partial charge in [-0.15, -0.1) is 0 Å². The summed E-state index contributed by atoms with van der Waals surface area (Å²) in [5, 5.41) is 0. The van der Waals surface area contributed by atoms with E-state index in [2.05, 4.69) is 11.8 Å². The molecular formula is C12H22N2O. The molecule has 1 unspecified atom stereocenters. The maximum Gasteiger partial charge on any atom is 0.236 e. The van der Waals surface area contributed by atoms with Crippen LogP contribution < -0.4 is 0 Å². The van der Waals surface area contributed by atoms with Crippen molar-refractivity contribution in [2.45, 2.75) is 45.1 Å². The molecule has 2 rings (SSSR count). The highest BCUT2D eigenvalue weighted by atomic mass is 16.2. The fraction of sp³-hybridized carbons (Fsp3) is 0.917. The Morgan fingerprint density at radius 2 is 1.80 bits per heavy atom. The Balaban J connectivity index is 1.81. The van der Waals surface area contributed by atoms with Crippen LogP contribution in [-0.4, -0.2) is 47.9 Å². The quantitative estimate of drug-likeness (QED) is 0.689. The zero-order valence-corrected chi connectivity index (χ0v) is 9.74. The van der Waals surface area contributed by atoms with E-state index in [1.807, 2.05) is 4.90 Å². The minimum Gasteiger partial charge on any atom is -0.342 e. The molecule has 0 aromatic carbocycles. The second-order valence-corrected chi connectivity index (χ2v) is 4.90. The minimum absolute atomic E-state index is 0.348. The van der Waals surface area contributed by atoms with Crippen molar-refractivity contribution in [3.8, 4) is 0 Å². The van der Waals surface area contributed by atoms with Crippen molar-refractivity contribution < 1.29 is 4.79 Å². The summed E-state index contributed by atoms with van der Waals surface area (Å²) in [5.74, 6) is 0.348. The van der Waals surface area contributed by atoms with Gasteiger partial charge in [0.05, 0.1) is 6.54 Å². The molecule has 1 amide bonds. The van der Waals surface area contributed by atoms with Crippen molar-refractivity contribution in [1.82, 2.24) is 9.80 Å². The van der Waals surface area contributed by atoms with Crippen LogP contribution >= 0.6 is 0 Å². The van der Waals surface area contributed by atoms with Crippen molar-refractivity contribution in [2.24, 2.45) is 0 Å². The van der Waals surface area contributed by atoms with Crippen LogP contribution in [0.3, 0.4) is 0 Å². The molecule has 2 heterocycles. The van der Waals surface area contributed by atoms with Crippen molar-refractivity contribution in [3.05, 3.63) is 0 Å². The fourth-order valence-electron chi connectivity index (χ4n) is 2.63. The molecule has 0 bridgehead atoms. The summed E-state index contributed by atoms with van der Waals surface area (Å²) in [6.45, 7) is 5.99. The number of rotatable bonds is 2. The third-order valence-corrected chi connectivity index (χ3v) is 3.74. The Morgan fingerprint density at radius 1 is 1.13 bits per heavy atom. The van der Waals surface area contributed by atoms with Crippen LogP contribution in [0.1, 0.15) is 39.0 Å². The molecule has 3 nitrogen and oxygen atoms in total. The topological polar surface area (TPSA) is 23.6 Å². The molecule has 0 saturated carbocycles. The van der Waals surface area contributed by atoms with E-state index in [9.17, 15) is 4.79 Å². The van der Waals surface area contributed by atoms with Gasteiger partial charge in [-0.05, 0) is 39.2 Å². The first-order chi connectivity index (χ1) is 7.27. The molecule has 2 aliphatic heterocycles. The first kappa shape index (κ1) is 10.9. The normalized spacial score (nSPS) is 28.3. The molecule has 0 aliphatic carbocycles. The lowest BCUT2D eigenvalue weighted by atomic mass is 10.0. The summed E-state index contributed by atoms with van der Waals surface area (Å²) in [7, 11) is 0. The van der Waals surface area contributed by atoms with Crippen molar-refractivity contribution in [2.75, 3.05) is 26.2 Å². The molecule has 0 spiro atoms. The van der Waals surface area contributed by atoms with Gasteiger partial charge in [-0.2, -0.15) is 0 Å². The van der Waals surface area contributed by atoms with E-state index in [1.54, 1.807) is 0 Å². The van der Waals surface area contributed by atoms with E-state index in [1.165, 1.54) is 32.1 Å². The number of piperidine rings is 1. The van der Waals surface area contributed by atoms with E-state index in [0.717, 1.165) is 19.6 Å². The van der Waals surface area contributed by atoms with Crippen LogP contribution in [0.5, 0.6) is 0 Å². The van der Waals surface area contributed by atoms with Gasteiger partial charge in [0.15, 0.2) is 0 Å². The lowest BCUT2D eigenvalue weighted by Crippen LogP contribution is -2.45. The highest BCUT2D eigenvalue weighted by Crippen LogP contribution is 2.17. The van der Waals surface area contributed by atoms with E-state index < -0.39 is 0 Å². The Kier molecular flexibility index (Phi) is 3.62. The van der Waals surface area contributed by atoms with E-state index in [0.29, 0.717) is 18.5 Å². The average Bonchev–Trinajstić information content (AvgIpc) is 2.74. The second kappa shape index (κ2) is 4.97. The molecule has 2 saturated heterocycles. The number of likely N-dealkylation sites (tertiary alicyclic amines) is 2. The largest absolute Gasteiger partial charge is 0.342 e. The molecule has 1 atom stereocenters. The van der Waals surface area contributed by atoms with Crippen LogP contribution in [0, 0.1) is 0 Å². The number of amides is 1. The summed E-state index contributed by atoms with van der Waals surface area (Å²) >= 11 is 0. The van der Waals surface area contributed by atoms with Gasteiger partial charge >= 0.3 is 0 Å². The molecule has 15 heavy (non-hydrogen) atoms. The third kappa shape index (κ3) is 2.71. The molecule has 3 heteroatoms. The van der Waals surface area contributed by atoms with Crippen LogP contribution in [0.2, 0.25) is 0 Å². The highest BCUT2D eigenvalue weighted by molar-refractivity contribution is 5.78. The van der Waals surface area contributed by atoms with Crippen molar-refractivity contribution in [3.63, 3.8) is 0 Å². The van der Waals surface area contributed by atoms with Crippen LogP contribution in [0.4, 0.5) is 0 Å². The predicted molar refractivity (Wildman–Crippen MR) is 60.7 cm³/mol. The van der Waals surface area contributed by atoms with E-state index in [4.69, 9.17) is 0 Å². The van der Waals surface area contributed by atoms with Gasteiger partial charge < -0.3 is 4.90 Å². The lowest BCUT2D eigenvalue weighted by molar-refractivity contribution is -0.132. The maximum atomic E-state index is 11.9. The molecule has 0 radical (unpaired) electrons. The maximum absolute atomic E-state index is 11.9. The average molecular weight is 210 g/mol. The summed E-state index contributed by atoms with van der Waals surface area (Å²) in [6, 6.07) is 0.602. The van der Waals surface area contributed by atoms with Crippen LogP contribution in [0.25, 0.3) is 0 Å². The Bertz CT molecular complexity index is 224. The molecule has 2 aliphatic rings. The summed E-state index contributed by atoms with van der Waals surface area (Å²) in [5.41, 5.74) is 0. The molecule has 0 aromatic rings. The first-order valence-corrected chi connectivity index (χ1v) is 6.29. The Morgan fingerprint density at radius 3 is 2.47 bits per heavy atom. The number of nitrogens with zero attached hydrogens (tertiary/aromatic N) is 2. The zero-order valence-electron chi connectivity index (χ0n) is 9.74. The molecular weight excluding hydrogens is 188 g/mol. The molecule has 2 fully saturated rings. The van der Waals surface area contributed by atoms with Crippen LogP contribution in [0.15, 0.2) is 0 Å². The lowest BCUT2D eigenvalue weighted by Gasteiger charge is -2.33. The molecule has 0 aromatic heterocycles. The van der Waals surface area contributed by atoms with Gasteiger partial charge in [0, 0.05) is 19.1 Å². The van der Waals surface area contributed by atoms with Gasteiger partial charge in [-0.1, -0.05) is 6.42 Å². The summed E-state index contributed by atoms with van der Waals surface area (Å²) in [4.78, 5) is 16.3. The van der Waals surface area contributed by atoms with Gasteiger partial charge in [-0.25, -0.2) is 0 Å². The van der Waals surface area contributed by atoms with Crippen LogP contribution in [-0.2, 0) is 4.79 Å². The second-order valence-electron chi connectivity index (χ2n) is 4.90. The van der Waals surface area contributed by atoms with Crippen molar-refractivity contribution >= 4 is 5.91 Å². The molecule has 86 valence electrons. The Hall–Kier alpha value is -0.570. The predicted octanol–water partition coefficient (Wildman–Crippen LogP) is 1.48. The monoisotopic (exact) mass is 210 g/mol. The highest BCUT2D eigenvalue weighted by Gasteiger charge is 2.24. The van der Waals surface area contributed by atoms with Gasteiger partial charge in [0.1, 0.15) is 0 Å². The first-order valence-electron chi connectivity index (χ1n) is 6.29. The van der Waals surface area contributed by atoms with Gasteiger partial charge in [-0.3, -0.25) is 9.69 Å². The third-order valence-electron chi connectivity index (χ3n) is 3.74. The summed E-state index contributed by atoms with van der Waals surface area (Å²) in [6.07, 6.45) is 6.24. The number of carbonyl (C=O) groups excluding carboxylic acids is 1. The SMILES string of the molecule is CC1CCCCN1CC(=O)N1CCCC1. The van der Waals surface area contributed by atoms with E-state index >= 15 is 0 Å². The fourth-order valence-corrected chi connectivity index (χ4v) is 2.63. The van der Waals surface area contributed by atoms with E-state index in [-0.39, 0.29) is 0 Å². The Labute approximate surface area is 92.4 Å². The smallest absolute Gasteiger partial charge is 0.236 e. The van der Waals surface area contributed by atoms with Crippen molar-refractivity contribution in [1.29, 1.82) is 0 Å². The number of hydrogen-bond donors (Lipinski definition) is 0. The standard InChI is InChI=1S/C12H22N2O/c1-11-6-2-3-9-14(11)10-12(15)13-7-4-5-8-13/h11H,2-10H2,1H3. The number of hydrogen-bond acceptors (Lipinski definition) is 2. The zero-order chi connectivity index (χ0) is 10.7. The van der Waals surface area contributed by atoms with Gasteiger partial charge in [0.2, 0.25) is 5.91 Å². The van der Waals surface area contributed by atoms with Gasteiger partial charge in [0.25, 0.3) is 0 Å². The number of carbonyl (C=O) groups is 1.